The smallest absolute Gasteiger partial charge is 0.264 e. The van der Waals surface area contributed by atoms with Gasteiger partial charge in [0.15, 0.2) is 0 Å². The fourth-order valence-corrected chi connectivity index (χ4v) is 4.99. The minimum absolute atomic E-state index is 0.0653. The first-order chi connectivity index (χ1) is 15.8. The lowest BCUT2D eigenvalue weighted by atomic mass is 10.2. The lowest BCUT2D eigenvalue weighted by molar-refractivity contribution is -0.119. The fourth-order valence-electron chi connectivity index (χ4n) is 3.44. The van der Waals surface area contributed by atoms with Gasteiger partial charge in [0.25, 0.3) is 10.0 Å². The zero-order chi connectivity index (χ0) is 23.8. The van der Waals surface area contributed by atoms with Crippen molar-refractivity contribution < 1.29 is 13.2 Å². The maximum Gasteiger partial charge on any atom is 0.264 e. The number of nitrogens with one attached hydrogen (secondary N) is 1. The van der Waals surface area contributed by atoms with Gasteiger partial charge in [-0.15, -0.1) is 0 Å². The van der Waals surface area contributed by atoms with E-state index in [-0.39, 0.29) is 11.4 Å². The third-order valence-electron chi connectivity index (χ3n) is 5.29. The van der Waals surface area contributed by atoms with Gasteiger partial charge >= 0.3 is 0 Å². The number of carbonyl (C=O) groups is 1. The summed E-state index contributed by atoms with van der Waals surface area (Å²) < 4.78 is 27.7. The van der Waals surface area contributed by atoms with Gasteiger partial charge < -0.3 is 10.2 Å². The third-order valence-corrected chi connectivity index (χ3v) is 7.33. The molecule has 0 unspecified atom stereocenters. The molecular formula is C25H28ClN3O3S. The zero-order valence-electron chi connectivity index (χ0n) is 18.7. The van der Waals surface area contributed by atoms with E-state index in [0.29, 0.717) is 17.3 Å². The molecule has 3 aromatic carbocycles. The molecule has 1 N–H and O–H groups in total. The molecule has 0 aliphatic heterocycles. The van der Waals surface area contributed by atoms with Crippen LogP contribution in [0.3, 0.4) is 0 Å². The summed E-state index contributed by atoms with van der Waals surface area (Å²) in [6.07, 6.45) is 0. The number of hydrogen-bond donors (Lipinski definition) is 1. The molecule has 0 saturated heterocycles. The van der Waals surface area contributed by atoms with E-state index in [0.717, 1.165) is 28.6 Å². The van der Waals surface area contributed by atoms with Crippen molar-refractivity contribution in [3.63, 3.8) is 0 Å². The highest BCUT2D eigenvalue weighted by molar-refractivity contribution is 7.92. The highest BCUT2D eigenvalue weighted by atomic mass is 35.5. The Balaban J connectivity index is 1.74. The monoisotopic (exact) mass is 485 g/mol. The topological polar surface area (TPSA) is 69.7 Å². The fraction of sp³-hybridized carbons (Fsp3) is 0.240. The quantitative estimate of drug-likeness (QED) is 0.452. The van der Waals surface area contributed by atoms with Crippen LogP contribution in [-0.2, 0) is 21.4 Å². The molecule has 0 fully saturated rings. The Morgan fingerprint density at radius 3 is 2.03 bits per heavy atom. The van der Waals surface area contributed by atoms with E-state index in [4.69, 9.17) is 11.6 Å². The lowest BCUT2D eigenvalue weighted by Gasteiger charge is -2.24. The Labute approximate surface area is 200 Å². The molecule has 8 heteroatoms. The highest BCUT2D eigenvalue weighted by Crippen LogP contribution is 2.24. The second-order valence-corrected chi connectivity index (χ2v) is 9.72. The van der Waals surface area contributed by atoms with Gasteiger partial charge in [-0.25, -0.2) is 8.42 Å². The number of carbonyl (C=O) groups excluding carboxylic acids is 1. The van der Waals surface area contributed by atoms with Gasteiger partial charge in [-0.05, 0) is 67.9 Å². The lowest BCUT2D eigenvalue weighted by Crippen LogP contribution is -2.40. The van der Waals surface area contributed by atoms with E-state index in [1.165, 1.54) is 24.3 Å². The SMILES string of the molecule is CCN(CC)c1ccc(CNC(=O)CN(c2ccccc2)S(=O)(=O)c2ccc(Cl)cc2)cc1. The van der Waals surface area contributed by atoms with Gasteiger partial charge in [-0.3, -0.25) is 9.10 Å². The van der Waals surface area contributed by atoms with Crippen LogP contribution >= 0.6 is 11.6 Å². The number of benzene rings is 3. The summed E-state index contributed by atoms with van der Waals surface area (Å²) in [4.78, 5) is 15.1. The van der Waals surface area contributed by atoms with Gasteiger partial charge in [0.2, 0.25) is 5.91 Å². The number of anilines is 2. The number of amides is 1. The molecule has 0 radical (unpaired) electrons. The van der Waals surface area contributed by atoms with Crippen molar-refractivity contribution in [1.82, 2.24) is 5.32 Å². The molecule has 0 bridgehead atoms. The first-order valence-corrected chi connectivity index (χ1v) is 12.6. The van der Waals surface area contributed by atoms with Crippen LogP contribution < -0.4 is 14.5 Å². The van der Waals surface area contributed by atoms with Crippen molar-refractivity contribution in [2.24, 2.45) is 0 Å². The van der Waals surface area contributed by atoms with Crippen LogP contribution in [-0.4, -0.2) is 34.0 Å². The molecule has 0 heterocycles. The Morgan fingerprint density at radius 2 is 1.45 bits per heavy atom. The molecule has 1 amide bonds. The van der Waals surface area contributed by atoms with Crippen LogP contribution in [0.5, 0.6) is 0 Å². The largest absolute Gasteiger partial charge is 0.372 e. The summed E-state index contributed by atoms with van der Waals surface area (Å²) in [6.45, 7) is 6.02. The van der Waals surface area contributed by atoms with Crippen LogP contribution in [0.15, 0.2) is 83.8 Å². The zero-order valence-corrected chi connectivity index (χ0v) is 20.3. The molecule has 174 valence electrons. The van der Waals surface area contributed by atoms with E-state index >= 15 is 0 Å². The summed E-state index contributed by atoms with van der Waals surface area (Å²) in [5.41, 5.74) is 2.47. The Kier molecular flexibility index (Phi) is 8.36. The van der Waals surface area contributed by atoms with Crippen molar-refractivity contribution in [3.8, 4) is 0 Å². The first kappa shape index (κ1) is 24.6. The van der Waals surface area contributed by atoms with Crippen LogP contribution in [0.4, 0.5) is 11.4 Å². The molecule has 3 aromatic rings. The van der Waals surface area contributed by atoms with Crippen LogP contribution in [0.1, 0.15) is 19.4 Å². The van der Waals surface area contributed by atoms with Crippen LogP contribution in [0, 0.1) is 0 Å². The maximum atomic E-state index is 13.3. The molecule has 0 spiro atoms. The average Bonchev–Trinajstić information content (AvgIpc) is 2.83. The molecule has 0 atom stereocenters. The molecular weight excluding hydrogens is 458 g/mol. The molecule has 0 aromatic heterocycles. The Bertz CT molecular complexity index is 1150. The van der Waals surface area contributed by atoms with Crippen molar-refractivity contribution in [3.05, 3.63) is 89.4 Å². The van der Waals surface area contributed by atoms with Gasteiger partial charge in [0.1, 0.15) is 6.54 Å². The summed E-state index contributed by atoms with van der Waals surface area (Å²) in [5.74, 6) is -0.399. The van der Waals surface area contributed by atoms with Gasteiger partial charge in [-0.2, -0.15) is 0 Å². The van der Waals surface area contributed by atoms with Gasteiger partial charge in [0, 0.05) is 30.3 Å². The number of sulfonamides is 1. The molecule has 3 rings (SSSR count). The van der Waals surface area contributed by atoms with E-state index < -0.39 is 15.9 Å². The highest BCUT2D eigenvalue weighted by Gasteiger charge is 2.27. The number of nitrogens with zero attached hydrogens (tertiary/aromatic N) is 2. The second kappa shape index (κ2) is 11.2. The average molecular weight is 486 g/mol. The predicted molar refractivity (Wildman–Crippen MR) is 134 cm³/mol. The first-order valence-electron chi connectivity index (χ1n) is 10.8. The van der Waals surface area contributed by atoms with Crippen molar-refractivity contribution in [1.29, 1.82) is 0 Å². The summed E-state index contributed by atoms with van der Waals surface area (Å²) in [7, 11) is -3.96. The van der Waals surface area contributed by atoms with E-state index in [2.05, 4.69) is 24.1 Å². The van der Waals surface area contributed by atoms with Crippen molar-refractivity contribution in [2.75, 3.05) is 28.8 Å². The Morgan fingerprint density at radius 1 is 0.848 bits per heavy atom. The van der Waals surface area contributed by atoms with Crippen molar-refractivity contribution >= 4 is 38.9 Å². The van der Waals surface area contributed by atoms with E-state index in [1.54, 1.807) is 30.3 Å². The van der Waals surface area contributed by atoms with Gasteiger partial charge in [0.05, 0.1) is 10.6 Å². The standard InChI is InChI=1S/C25H28ClN3O3S/c1-3-28(4-2)22-14-10-20(11-15-22)18-27-25(30)19-29(23-8-6-5-7-9-23)33(31,32)24-16-12-21(26)13-17-24/h5-17H,3-4,18-19H2,1-2H3,(H,27,30). The number of para-hydroxylation sites is 1. The van der Waals surface area contributed by atoms with Crippen LogP contribution in [0.25, 0.3) is 0 Å². The summed E-state index contributed by atoms with van der Waals surface area (Å²) in [5, 5.41) is 3.26. The normalized spacial score (nSPS) is 11.1. The molecule has 0 saturated carbocycles. The summed E-state index contributed by atoms with van der Waals surface area (Å²) in [6, 6.07) is 22.4. The molecule has 6 nitrogen and oxygen atoms in total. The van der Waals surface area contributed by atoms with Crippen molar-refractivity contribution in [2.45, 2.75) is 25.3 Å². The van der Waals surface area contributed by atoms with E-state index in [9.17, 15) is 13.2 Å². The number of rotatable bonds is 10. The third kappa shape index (κ3) is 6.27. The van der Waals surface area contributed by atoms with E-state index in [1.807, 2.05) is 24.3 Å². The summed E-state index contributed by atoms with van der Waals surface area (Å²) >= 11 is 5.91. The van der Waals surface area contributed by atoms with Crippen LogP contribution in [0.2, 0.25) is 5.02 Å². The molecule has 33 heavy (non-hydrogen) atoms. The predicted octanol–water partition coefficient (Wildman–Crippen LogP) is 4.70. The minimum atomic E-state index is -3.96. The maximum absolute atomic E-state index is 13.3. The number of hydrogen-bond acceptors (Lipinski definition) is 4. The Hall–Kier alpha value is -3.03. The molecule has 0 aliphatic carbocycles. The van der Waals surface area contributed by atoms with Gasteiger partial charge in [-0.1, -0.05) is 41.9 Å². The molecule has 0 aliphatic rings. The minimum Gasteiger partial charge on any atom is -0.372 e. The number of halogens is 1. The second-order valence-electron chi connectivity index (χ2n) is 7.42.